The summed E-state index contributed by atoms with van der Waals surface area (Å²) in [6.45, 7) is 0. The Morgan fingerprint density at radius 1 is 1.48 bits per heavy atom. The van der Waals surface area contributed by atoms with Gasteiger partial charge in [0.2, 0.25) is 0 Å². The van der Waals surface area contributed by atoms with Gasteiger partial charge in [-0.2, -0.15) is 18.3 Å². The van der Waals surface area contributed by atoms with Crippen LogP contribution in [0.15, 0.2) is 30.7 Å². The van der Waals surface area contributed by atoms with Crippen LogP contribution < -0.4 is 5.32 Å². The maximum absolute atomic E-state index is 12.9. The second kappa shape index (κ2) is 5.43. The molecule has 2 aromatic heterocycles. The normalized spacial score (nSPS) is 13.0. The maximum Gasteiger partial charge on any atom is 0.419 e. The Labute approximate surface area is 117 Å². The van der Waals surface area contributed by atoms with Crippen molar-refractivity contribution >= 4 is 11.8 Å². The van der Waals surface area contributed by atoms with Gasteiger partial charge in [0.05, 0.1) is 11.8 Å². The first kappa shape index (κ1) is 14.8. The summed E-state index contributed by atoms with van der Waals surface area (Å²) in [4.78, 5) is 14.8. The molecule has 1 unspecified atom stereocenters. The molecule has 21 heavy (non-hydrogen) atoms. The minimum Gasteiger partial charge on any atom is -0.479 e. The zero-order chi connectivity index (χ0) is 15.6. The van der Waals surface area contributed by atoms with Gasteiger partial charge in [0.1, 0.15) is 5.82 Å². The molecule has 0 aliphatic rings. The Morgan fingerprint density at radius 3 is 2.71 bits per heavy atom. The van der Waals surface area contributed by atoms with E-state index in [0.717, 1.165) is 18.3 Å². The van der Waals surface area contributed by atoms with Gasteiger partial charge >= 0.3 is 12.1 Å². The number of anilines is 1. The lowest BCUT2D eigenvalue weighted by Gasteiger charge is -2.17. The highest BCUT2D eigenvalue weighted by Crippen LogP contribution is 2.34. The molecule has 0 aliphatic carbocycles. The summed E-state index contributed by atoms with van der Waals surface area (Å²) in [5, 5.41) is 15.3. The summed E-state index contributed by atoms with van der Waals surface area (Å²) >= 11 is 0. The van der Waals surface area contributed by atoms with Crippen molar-refractivity contribution in [1.29, 1.82) is 0 Å². The minimum absolute atomic E-state index is 0.226. The van der Waals surface area contributed by atoms with Crippen molar-refractivity contribution in [3.63, 3.8) is 0 Å². The molecule has 0 radical (unpaired) electrons. The smallest absolute Gasteiger partial charge is 0.419 e. The number of pyridine rings is 1. The predicted octanol–water partition coefficient (Wildman–Crippen LogP) is 2.07. The molecule has 1 atom stereocenters. The molecule has 0 aromatic carbocycles. The van der Waals surface area contributed by atoms with Crippen molar-refractivity contribution in [2.45, 2.75) is 12.2 Å². The predicted molar refractivity (Wildman–Crippen MR) is 66.4 cm³/mol. The van der Waals surface area contributed by atoms with Gasteiger partial charge in [-0.1, -0.05) is 0 Å². The van der Waals surface area contributed by atoms with Crippen molar-refractivity contribution in [3.05, 3.63) is 41.9 Å². The number of aryl methyl sites for hydroxylation is 1. The first-order chi connectivity index (χ1) is 9.79. The Hall–Kier alpha value is -2.58. The highest BCUT2D eigenvalue weighted by atomic mass is 19.4. The molecule has 6 nitrogen and oxygen atoms in total. The quantitative estimate of drug-likeness (QED) is 0.903. The van der Waals surface area contributed by atoms with E-state index in [1.54, 1.807) is 7.05 Å². The average molecular weight is 300 g/mol. The van der Waals surface area contributed by atoms with Crippen LogP contribution in [0.1, 0.15) is 17.2 Å². The average Bonchev–Trinajstić information content (AvgIpc) is 2.81. The Kier molecular flexibility index (Phi) is 3.83. The zero-order valence-corrected chi connectivity index (χ0v) is 10.8. The van der Waals surface area contributed by atoms with Crippen LogP contribution in [0, 0.1) is 0 Å². The van der Waals surface area contributed by atoms with Crippen molar-refractivity contribution < 1.29 is 23.1 Å². The number of hydrogen-bond donors (Lipinski definition) is 2. The molecule has 2 rings (SSSR count). The van der Waals surface area contributed by atoms with E-state index in [1.807, 2.05) is 0 Å². The molecule has 0 saturated carbocycles. The van der Waals surface area contributed by atoms with Crippen molar-refractivity contribution in [3.8, 4) is 0 Å². The fraction of sp³-hybridized carbons (Fsp3) is 0.250. The van der Waals surface area contributed by atoms with E-state index < -0.39 is 29.6 Å². The van der Waals surface area contributed by atoms with Crippen LogP contribution in [-0.4, -0.2) is 25.8 Å². The van der Waals surface area contributed by atoms with Gasteiger partial charge in [-0.05, 0) is 12.1 Å². The SMILES string of the molecule is Cn1cc(C(Nc2ncccc2C(F)(F)F)C(=O)O)cn1. The van der Waals surface area contributed by atoms with Crippen LogP contribution in [0.5, 0.6) is 0 Å². The second-order valence-electron chi connectivity index (χ2n) is 4.26. The number of carbonyl (C=O) groups is 1. The number of rotatable bonds is 4. The van der Waals surface area contributed by atoms with Crippen molar-refractivity contribution in [2.75, 3.05) is 5.32 Å². The van der Waals surface area contributed by atoms with Crippen LogP contribution >= 0.6 is 0 Å². The van der Waals surface area contributed by atoms with Gasteiger partial charge in [-0.15, -0.1) is 0 Å². The number of nitrogens with one attached hydrogen (secondary N) is 1. The molecular formula is C12H11F3N4O2. The van der Waals surface area contributed by atoms with Crippen molar-refractivity contribution in [2.24, 2.45) is 7.05 Å². The number of carboxylic acid groups (broad SMARTS) is 1. The fourth-order valence-corrected chi connectivity index (χ4v) is 1.76. The molecule has 0 fully saturated rings. The van der Waals surface area contributed by atoms with Gasteiger partial charge in [-0.3, -0.25) is 4.68 Å². The molecule has 0 saturated heterocycles. The van der Waals surface area contributed by atoms with E-state index in [4.69, 9.17) is 0 Å². The second-order valence-corrected chi connectivity index (χ2v) is 4.26. The number of carboxylic acids is 1. The van der Waals surface area contributed by atoms with E-state index in [-0.39, 0.29) is 5.56 Å². The molecule has 0 amide bonds. The van der Waals surface area contributed by atoms with Crippen LogP contribution in [0.4, 0.5) is 19.0 Å². The molecule has 0 bridgehead atoms. The summed E-state index contributed by atoms with van der Waals surface area (Å²) in [5.41, 5.74) is -0.802. The fourth-order valence-electron chi connectivity index (χ4n) is 1.76. The van der Waals surface area contributed by atoms with Crippen LogP contribution in [-0.2, 0) is 18.0 Å². The van der Waals surface area contributed by atoms with E-state index >= 15 is 0 Å². The highest BCUT2D eigenvalue weighted by Gasteiger charge is 2.35. The monoisotopic (exact) mass is 300 g/mol. The third-order valence-corrected chi connectivity index (χ3v) is 2.70. The molecule has 2 aromatic rings. The van der Waals surface area contributed by atoms with Gasteiger partial charge in [0, 0.05) is 25.0 Å². The molecule has 112 valence electrons. The van der Waals surface area contributed by atoms with Gasteiger partial charge in [0.25, 0.3) is 0 Å². The van der Waals surface area contributed by atoms with E-state index in [0.29, 0.717) is 0 Å². The lowest BCUT2D eigenvalue weighted by atomic mass is 10.1. The molecule has 9 heteroatoms. The third kappa shape index (κ3) is 3.30. The number of aliphatic carboxylic acids is 1. The highest BCUT2D eigenvalue weighted by molar-refractivity contribution is 5.79. The standard InChI is InChI=1S/C12H11F3N4O2/c1-19-6-7(5-17-19)9(11(20)21)18-10-8(12(13,14)15)3-2-4-16-10/h2-6,9H,1H3,(H,16,18)(H,20,21). The summed E-state index contributed by atoms with van der Waals surface area (Å²) in [7, 11) is 1.57. The summed E-state index contributed by atoms with van der Waals surface area (Å²) in [6, 6.07) is 0.584. The summed E-state index contributed by atoms with van der Waals surface area (Å²) in [5.74, 6) is -1.87. The van der Waals surface area contributed by atoms with Crippen LogP contribution in [0.3, 0.4) is 0 Å². The number of aromatic nitrogens is 3. The summed E-state index contributed by atoms with van der Waals surface area (Å²) in [6.07, 6.45) is -0.807. The van der Waals surface area contributed by atoms with E-state index in [2.05, 4.69) is 15.4 Å². The molecule has 2 N–H and O–H groups in total. The Morgan fingerprint density at radius 2 is 2.19 bits per heavy atom. The third-order valence-electron chi connectivity index (χ3n) is 2.70. The molecular weight excluding hydrogens is 289 g/mol. The van der Waals surface area contributed by atoms with Crippen molar-refractivity contribution in [1.82, 2.24) is 14.8 Å². The Balaban J connectivity index is 2.37. The van der Waals surface area contributed by atoms with Gasteiger partial charge in [-0.25, -0.2) is 9.78 Å². The van der Waals surface area contributed by atoms with Gasteiger partial charge in [0.15, 0.2) is 6.04 Å². The minimum atomic E-state index is -4.63. The van der Waals surface area contributed by atoms with Crippen LogP contribution in [0.25, 0.3) is 0 Å². The molecule has 0 aliphatic heterocycles. The lowest BCUT2D eigenvalue weighted by molar-refractivity contribution is -0.139. The first-order valence-electron chi connectivity index (χ1n) is 5.79. The van der Waals surface area contributed by atoms with E-state index in [1.165, 1.54) is 17.1 Å². The lowest BCUT2D eigenvalue weighted by Crippen LogP contribution is -2.23. The number of alkyl halides is 3. The zero-order valence-electron chi connectivity index (χ0n) is 10.8. The molecule has 2 heterocycles. The number of hydrogen-bond acceptors (Lipinski definition) is 4. The first-order valence-corrected chi connectivity index (χ1v) is 5.79. The van der Waals surface area contributed by atoms with E-state index in [9.17, 15) is 23.1 Å². The molecule has 0 spiro atoms. The Bertz CT molecular complexity index is 654. The summed E-state index contributed by atoms with van der Waals surface area (Å²) < 4.78 is 39.9. The van der Waals surface area contributed by atoms with Crippen LogP contribution in [0.2, 0.25) is 0 Å². The number of halogens is 3. The van der Waals surface area contributed by atoms with Gasteiger partial charge < -0.3 is 10.4 Å². The number of nitrogens with zero attached hydrogens (tertiary/aromatic N) is 3. The maximum atomic E-state index is 12.9. The largest absolute Gasteiger partial charge is 0.479 e. The topological polar surface area (TPSA) is 80.0 Å².